The summed E-state index contributed by atoms with van der Waals surface area (Å²) in [6.07, 6.45) is 1.00. The molecule has 2 heterocycles. The van der Waals surface area contributed by atoms with Crippen LogP contribution in [0, 0.1) is 0 Å². The van der Waals surface area contributed by atoms with Gasteiger partial charge < -0.3 is 24.5 Å². The van der Waals surface area contributed by atoms with Crippen molar-refractivity contribution in [3.63, 3.8) is 0 Å². The fourth-order valence-corrected chi connectivity index (χ4v) is 5.60. The van der Waals surface area contributed by atoms with Gasteiger partial charge in [-0.3, -0.25) is 9.59 Å². The third-order valence-electron chi connectivity index (χ3n) is 8.07. The molecule has 1 fully saturated rings. The van der Waals surface area contributed by atoms with Crippen molar-refractivity contribution < 1.29 is 19.4 Å². The van der Waals surface area contributed by atoms with E-state index in [9.17, 15) is 14.7 Å². The number of carbonyl (C=O) groups excluding carboxylic acids is 1. The molecule has 1 saturated carbocycles. The Kier molecular flexibility index (Phi) is 7.43. The van der Waals surface area contributed by atoms with Crippen LogP contribution in [0.3, 0.4) is 0 Å². The number of fused-ring (bicyclic) bond motifs is 1. The van der Waals surface area contributed by atoms with E-state index in [-0.39, 0.29) is 17.5 Å². The van der Waals surface area contributed by atoms with E-state index in [0.717, 1.165) is 35.2 Å². The van der Waals surface area contributed by atoms with Crippen molar-refractivity contribution in [1.82, 2.24) is 14.9 Å². The Morgan fingerprint density at radius 1 is 1.02 bits per heavy atom. The topological polar surface area (TPSA) is 105 Å². The minimum absolute atomic E-state index is 0.118. The first-order valence-corrected chi connectivity index (χ1v) is 14.0. The van der Waals surface area contributed by atoms with Crippen LogP contribution in [0.1, 0.15) is 47.2 Å². The molecule has 41 heavy (non-hydrogen) atoms. The molecule has 0 spiro atoms. The van der Waals surface area contributed by atoms with Crippen molar-refractivity contribution in [3.8, 4) is 16.9 Å². The third kappa shape index (κ3) is 5.40. The zero-order valence-corrected chi connectivity index (χ0v) is 23.0. The molecule has 0 saturated heterocycles. The van der Waals surface area contributed by atoms with E-state index in [1.165, 1.54) is 0 Å². The lowest BCUT2D eigenvalue weighted by Gasteiger charge is -2.30. The van der Waals surface area contributed by atoms with Gasteiger partial charge in [-0.25, -0.2) is 4.98 Å². The summed E-state index contributed by atoms with van der Waals surface area (Å²) in [6, 6.07) is 25.1. The average Bonchev–Trinajstić information content (AvgIpc) is 3.83. The number of aromatic amines is 1. The minimum atomic E-state index is -1.35. The van der Waals surface area contributed by atoms with Gasteiger partial charge in [-0.2, -0.15) is 0 Å². The van der Waals surface area contributed by atoms with Crippen LogP contribution in [-0.4, -0.2) is 52.7 Å². The lowest BCUT2D eigenvalue weighted by atomic mass is 9.94. The largest absolute Gasteiger partial charge is 0.491 e. The van der Waals surface area contributed by atoms with E-state index in [2.05, 4.69) is 17.1 Å². The highest BCUT2D eigenvalue weighted by atomic mass is 16.5. The van der Waals surface area contributed by atoms with Gasteiger partial charge in [0.1, 0.15) is 18.2 Å². The summed E-state index contributed by atoms with van der Waals surface area (Å²) in [5.74, 6) is 0.986. The molecular formula is C33H33N3O5. The van der Waals surface area contributed by atoms with Crippen LogP contribution in [0.25, 0.3) is 11.1 Å². The number of aliphatic hydroxyl groups is 1. The van der Waals surface area contributed by atoms with E-state index in [1.54, 1.807) is 18.1 Å². The van der Waals surface area contributed by atoms with Gasteiger partial charge >= 0.3 is 0 Å². The molecule has 8 heteroatoms. The van der Waals surface area contributed by atoms with E-state index < -0.39 is 12.0 Å². The summed E-state index contributed by atoms with van der Waals surface area (Å²) in [6.45, 7) is 1.44. The molecule has 1 amide bonds. The molecule has 1 aliphatic heterocycles. The molecule has 0 bridgehead atoms. The Morgan fingerprint density at radius 2 is 1.78 bits per heavy atom. The number of amides is 1. The quantitative estimate of drug-likeness (QED) is 0.303. The summed E-state index contributed by atoms with van der Waals surface area (Å²) in [5, 5.41) is 11.1. The van der Waals surface area contributed by atoms with Crippen molar-refractivity contribution in [3.05, 3.63) is 117 Å². The van der Waals surface area contributed by atoms with Crippen LogP contribution in [0.5, 0.6) is 5.75 Å². The van der Waals surface area contributed by atoms with Crippen molar-refractivity contribution in [2.75, 3.05) is 26.9 Å². The first kappa shape index (κ1) is 26.9. The molecule has 2 N–H and O–H groups in total. The Morgan fingerprint density at radius 3 is 2.54 bits per heavy atom. The monoisotopic (exact) mass is 551 g/mol. The Labute approximate surface area is 238 Å². The normalized spacial score (nSPS) is 16.1. The first-order chi connectivity index (χ1) is 20.0. The molecule has 2 aliphatic rings. The fourth-order valence-electron chi connectivity index (χ4n) is 5.60. The van der Waals surface area contributed by atoms with Crippen molar-refractivity contribution in [2.24, 2.45) is 0 Å². The standard InChI is InChI=1S/C33H33N3O5/c1-40-17-18-41-26-12-6-8-23(20-26)22-7-5-9-24(19-22)29(37)31(39)36-16-13-28-27(21-36)30(38)35-32(34-28)33(14-15-33)25-10-3-2-4-11-25/h2-12,19-20,29,37H,13-18,21H2,1H3,(H,34,35,38). The molecule has 1 aliphatic carbocycles. The van der Waals surface area contributed by atoms with Gasteiger partial charge in [0.2, 0.25) is 0 Å². The van der Waals surface area contributed by atoms with Crippen LogP contribution in [-0.2, 0) is 27.9 Å². The second kappa shape index (κ2) is 11.3. The van der Waals surface area contributed by atoms with E-state index in [4.69, 9.17) is 14.5 Å². The highest BCUT2D eigenvalue weighted by Gasteiger charge is 2.48. The molecule has 6 rings (SSSR count). The summed E-state index contributed by atoms with van der Waals surface area (Å²) in [7, 11) is 1.63. The lowest BCUT2D eigenvalue weighted by Crippen LogP contribution is -2.42. The van der Waals surface area contributed by atoms with Crippen molar-refractivity contribution in [2.45, 2.75) is 37.3 Å². The molecule has 3 aromatic carbocycles. The highest BCUT2D eigenvalue weighted by molar-refractivity contribution is 5.83. The van der Waals surface area contributed by atoms with E-state index in [0.29, 0.717) is 48.9 Å². The van der Waals surface area contributed by atoms with Crippen LogP contribution in [0.4, 0.5) is 0 Å². The van der Waals surface area contributed by atoms with Gasteiger partial charge in [-0.1, -0.05) is 60.7 Å². The number of nitrogens with one attached hydrogen (secondary N) is 1. The molecule has 4 aromatic rings. The van der Waals surface area contributed by atoms with Crippen LogP contribution < -0.4 is 10.3 Å². The predicted molar refractivity (Wildman–Crippen MR) is 155 cm³/mol. The summed E-state index contributed by atoms with van der Waals surface area (Å²) in [4.78, 5) is 36.0. The number of H-pyrrole nitrogens is 1. The van der Waals surface area contributed by atoms with Gasteiger partial charge in [-0.15, -0.1) is 0 Å². The summed E-state index contributed by atoms with van der Waals surface area (Å²) < 4.78 is 10.8. The maximum absolute atomic E-state index is 13.4. The Bertz CT molecular complexity index is 1610. The third-order valence-corrected chi connectivity index (χ3v) is 8.07. The van der Waals surface area contributed by atoms with E-state index in [1.807, 2.05) is 60.7 Å². The highest BCUT2D eigenvalue weighted by Crippen LogP contribution is 2.52. The van der Waals surface area contributed by atoms with E-state index >= 15 is 0 Å². The van der Waals surface area contributed by atoms with Gasteiger partial charge in [0, 0.05) is 20.1 Å². The number of benzene rings is 3. The van der Waals surface area contributed by atoms with Crippen LogP contribution >= 0.6 is 0 Å². The number of hydrogen-bond acceptors (Lipinski definition) is 6. The molecule has 1 aromatic heterocycles. The summed E-state index contributed by atoms with van der Waals surface area (Å²) in [5.41, 5.74) is 4.19. The molecule has 1 atom stereocenters. The number of aromatic nitrogens is 2. The predicted octanol–water partition coefficient (Wildman–Crippen LogP) is 4.16. The van der Waals surface area contributed by atoms with Crippen molar-refractivity contribution >= 4 is 5.91 Å². The van der Waals surface area contributed by atoms with Gasteiger partial charge in [0.05, 0.1) is 29.8 Å². The number of nitrogens with zero attached hydrogens (tertiary/aromatic N) is 2. The number of ether oxygens (including phenoxy) is 2. The Hall–Kier alpha value is -4.27. The van der Waals surface area contributed by atoms with Crippen molar-refractivity contribution in [1.29, 1.82) is 0 Å². The molecule has 210 valence electrons. The molecule has 8 nitrogen and oxygen atoms in total. The van der Waals surface area contributed by atoms with Gasteiger partial charge in [0.15, 0.2) is 6.10 Å². The number of methoxy groups -OCH3 is 1. The average molecular weight is 552 g/mol. The van der Waals surface area contributed by atoms with Crippen LogP contribution in [0.2, 0.25) is 0 Å². The number of hydrogen-bond donors (Lipinski definition) is 2. The number of rotatable bonds is 9. The second-order valence-electron chi connectivity index (χ2n) is 10.7. The van der Waals surface area contributed by atoms with Gasteiger partial charge in [-0.05, 0) is 53.3 Å². The number of aliphatic hydroxyl groups excluding tert-OH is 1. The molecular weight excluding hydrogens is 518 g/mol. The van der Waals surface area contributed by atoms with Crippen LogP contribution in [0.15, 0.2) is 83.7 Å². The Balaban J connectivity index is 1.18. The zero-order valence-electron chi connectivity index (χ0n) is 23.0. The number of carbonyl (C=O) groups is 1. The molecule has 0 radical (unpaired) electrons. The fraction of sp³-hybridized carbons (Fsp3) is 0.303. The smallest absolute Gasteiger partial charge is 0.256 e. The second-order valence-corrected chi connectivity index (χ2v) is 10.7. The lowest BCUT2D eigenvalue weighted by molar-refractivity contribution is -0.141. The summed E-state index contributed by atoms with van der Waals surface area (Å²) >= 11 is 0. The molecule has 1 unspecified atom stereocenters. The maximum Gasteiger partial charge on any atom is 0.256 e. The first-order valence-electron chi connectivity index (χ1n) is 14.0. The van der Waals surface area contributed by atoms with Gasteiger partial charge in [0.25, 0.3) is 11.5 Å². The minimum Gasteiger partial charge on any atom is -0.491 e. The maximum atomic E-state index is 13.4. The zero-order chi connectivity index (χ0) is 28.4. The SMILES string of the molecule is COCCOc1cccc(-c2cccc(C(O)C(=O)N3CCc4nc(C5(c6ccccc6)CC5)[nH]c(=O)c4C3)c2)c1.